The van der Waals surface area contributed by atoms with E-state index in [-0.39, 0.29) is 17.1 Å². The van der Waals surface area contributed by atoms with Gasteiger partial charge in [0.05, 0.1) is 7.11 Å². The van der Waals surface area contributed by atoms with Crippen molar-refractivity contribution in [2.24, 2.45) is 5.41 Å². The molecule has 2 aromatic rings. The molecule has 5 nitrogen and oxygen atoms in total. The summed E-state index contributed by atoms with van der Waals surface area (Å²) in [5, 5.41) is 6.51. The van der Waals surface area contributed by atoms with Crippen molar-refractivity contribution in [3.63, 3.8) is 0 Å². The van der Waals surface area contributed by atoms with Crippen LogP contribution in [0.4, 0.5) is 5.69 Å². The Morgan fingerprint density at radius 1 is 1.06 bits per heavy atom. The van der Waals surface area contributed by atoms with E-state index < -0.39 is 5.92 Å². The summed E-state index contributed by atoms with van der Waals surface area (Å²) in [4.78, 5) is 27.1. The van der Waals surface area contributed by atoms with Gasteiger partial charge in [0.25, 0.3) is 5.91 Å². The Morgan fingerprint density at radius 3 is 2.39 bits per heavy atom. The topological polar surface area (TPSA) is 67.4 Å². The minimum Gasteiger partial charge on any atom is -0.497 e. The number of hydrogen-bond donors (Lipinski definition) is 2. The van der Waals surface area contributed by atoms with E-state index in [0.717, 1.165) is 45.9 Å². The number of hydrogen-bond acceptors (Lipinski definition) is 4. The van der Waals surface area contributed by atoms with Crippen LogP contribution < -0.4 is 15.4 Å². The van der Waals surface area contributed by atoms with E-state index in [1.807, 2.05) is 63.2 Å². The molecule has 0 spiro atoms. The van der Waals surface area contributed by atoms with Crippen molar-refractivity contribution in [2.75, 3.05) is 12.4 Å². The second kappa shape index (κ2) is 8.54. The first-order valence-corrected chi connectivity index (χ1v) is 11.4. The van der Waals surface area contributed by atoms with Crippen LogP contribution in [0.2, 0.25) is 0 Å². The van der Waals surface area contributed by atoms with Crippen molar-refractivity contribution in [3.8, 4) is 5.75 Å². The van der Waals surface area contributed by atoms with Crippen molar-refractivity contribution in [1.29, 1.82) is 0 Å². The molecule has 1 atom stereocenters. The predicted molar refractivity (Wildman–Crippen MR) is 131 cm³/mol. The van der Waals surface area contributed by atoms with E-state index in [1.165, 1.54) is 0 Å². The lowest BCUT2D eigenvalue weighted by Crippen LogP contribution is -2.39. The molecule has 1 heterocycles. The van der Waals surface area contributed by atoms with Crippen LogP contribution in [0.5, 0.6) is 5.75 Å². The number of carbonyl (C=O) groups is 2. The Kier molecular flexibility index (Phi) is 5.91. The van der Waals surface area contributed by atoms with Crippen LogP contribution >= 0.6 is 0 Å². The third kappa shape index (κ3) is 4.45. The number of anilines is 1. The number of methoxy groups -OCH3 is 1. The molecule has 0 bridgehead atoms. The maximum Gasteiger partial charge on any atom is 0.254 e. The summed E-state index contributed by atoms with van der Waals surface area (Å²) >= 11 is 0. The monoisotopic (exact) mass is 444 g/mol. The molecule has 2 N–H and O–H groups in total. The standard InChI is InChI=1S/C28H32N2O3/c1-16-7-12-21(17(2)13-16)30-27(32)24-18(3)29-22-14-28(4,5)15-23(31)26(22)25(24)19-8-10-20(33-6)11-9-19/h7-13,25,29H,14-15H2,1-6H3,(H,30,32). The number of amides is 1. The number of Topliss-reactive ketones (excluding diaryl/α,β-unsaturated/α-hetero) is 1. The van der Waals surface area contributed by atoms with Gasteiger partial charge in [0, 0.05) is 40.6 Å². The van der Waals surface area contributed by atoms with E-state index in [9.17, 15) is 9.59 Å². The van der Waals surface area contributed by atoms with Gasteiger partial charge in [-0.05, 0) is 61.9 Å². The highest BCUT2D eigenvalue weighted by Gasteiger charge is 2.42. The largest absolute Gasteiger partial charge is 0.497 e. The highest BCUT2D eigenvalue weighted by molar-refractivity contribution is 6.10. The molecule has 0 saturated heterocycles. The van der Waals surface area contributed by atoms with Gasteiger partial charge in [-0.1, -0.05) is 43.7 Å². The highest BCUT2D eigenvalue weighted by atomic mass is 16.5. The molecular weight excluding hydrogens is 412 g/mol. The number of carbonyl (C=O) groups excluding carboxylic acids is 2. The van der Waals surface area contributed by atoms with Crippen molar-refractivity contribution >= 4 is 17.4 Å². The Hall–Kier alpha value is -3.34. The first kappa shape index (κ1) is 22.8. The van der Waals surface area contributed by atoms with Crippen LogP contribution in [-0.2, 0) is 9.59 Å². The maximum atomic E-state index is 13.7. The molecule has 5 heteroatoms. The van der Waals surface area contributed by atoms with E-state index in [4.69, 9.17) is 4.74 Å². The van der Waals surface area contributed by atoms with Crippen LogP contribution in [0.3, 0.4) is 0 Å². The molecule has 172 valence electrons. The molecule has 0 aromatic heterocycles. The fourth-order valence-corrected chi connectivity index (χ4v) is 5.01. The Morgan fingerprint density at radius 2 is 1.76 bits per heavy atom. The fourth-order valence-electron chi connectivity index (χ4n) is 5.01. The van der Waals surface area contributed by atoms with Gasteiger partial charge in [-0.15, -0.1) is 0 Å². The minimum absolute atomic E-state index is 0.0962. The normalized spacial score (nSPS) is 19.7. The summed E-state index contributed by atoms with van der Waals surface area (Å²) in [6.07, 6.45) is 1.23. The van der Waals surface area contributed by atoms with Crippen molar-refractivity contribution in [3.05, 3.63) is 81.7 Å². The van der Waals surface area contributed by atoms with Crippen LogP contribution in [0.25, 0.3) is 0 Å². The summed E-state index contributed by atoms with van der Waals surface area (Å²) in [6.45, 7) is 10.2. The van der Waals surface area contributed by atoms with E-state index in [2.05, 4.69) is 24.5 Å². The Bertz CT molecular complexity index is 1190. The molecule has 2 aliphatic rings. The van der Waals surface area contributed by atoms with Crippen LogP contribution in [0, 0.1) is 19.3 Å². The average Bonchev–Trinajstić information content (AvgIpc) is 2.73. The third-order valence-electron chi connectivity index (χ3n) is 6.56. The molecule has 1 aliphatic heterocycles. The molecule has 2 aromatic carbocycles. The molecule has 0 saturated carbocycles. The second-order valence-corrected chi connectivity index (χ2v) is 9.98. The van der Waals surface area contributed by atoms with Crippen LogP contribution in [0.15, 0.2) is 65.0 Å². The van der Waals surface area contributed by atoms with Crippen molar-refractivity contribution in [1.82, 2.24) is 5.32 Å². The quantitative estimate of drug-likeness (QED) is 0.648. The van der Waals surface area contributed by atoms with Gasteiger partial charge in [-0.25, -0.2) is 0 Å². The zero-order valence-corrected chi connectivity index (χ0v) is 20.3. The molecule has 0 fully saturated rings. The summed E-state index contributed by atoms with van der Waals surface area (Å²) in [7, 11) is 1.62. The number of benzene rings is 2. The number of nitrogens with one attached hydrogen (secondary N) is 2. The Labute approximate surface area is 195 Å². The first-order valence-electron chi connectivity index (χ1n) is 11.4. The number of aryl methyl sites for hydroxylation is 2. The number of allylic oxidation sites excluding steroid dienone is 3. The van der Waals surface area contributed by atoms with Gasteiger partial charge >= 0.3 is 0 Å². The van der Waals surface area contributed by atoms with Gasteiger partial charge in [-0.2, -0.15) is 0 Å². The molecule has 1 unspecified atom stereocenters. The predicted octanol–water partition coefficient (Wildman–Crippen LogP) is 5.55. The van der Waals surface area contributed by atoms with Crippen LogP contribution in [-0.4, -0.2) is 18.8 Å². The smallest absolute Gasteiger partial charge is 0.254 e. The first-order chi connectivity index (χ1) is 15.6. The van der Waals surface area contributed by atoms with Gasteiger partial charge in [0.1, 0.15) is 5.75 Å². The summed E-state index contributed by atoms with van der Waals surface area (Å²) in [5.41, 5.74) is 6.69. The summed E-state index contributed by atoms with van der Waals surface area (Å²) in [5.74, 6) is 0.206. The van der Waals surface area contributed by atoms with Crippen molar-refractivity contribution in [2.45, 2.75) is 53.4 Å². The second-order valence-electron chi connectivity index (χ2n) is 9.98. The fraction of sp³-hybridized carbons (Fsp3) is 0.357. The molecule has 1 amide bonds. The molecule has 4 rings (SSSR count). The number of ether oxygens (including phenoxy) is 1. The molecule has 33 heavy (non-hydrogen) atoms. The number of dihydropyridines is 1. The average molecular weight is 445 g/mol. The van der Waals surface area contributed by atoms with Crippen LogP contribution in [0.1, 0.15) is 56.2 Å². The van der Waals surface area contributed by atoms with Gasteiger partial charge in [-0.3, -0.25) is 9.59 Å². The molecule has 1 aliphatic carbocycles. The van der Waals surface area contributed by atoms with E-state index in [0.29, 0.717) is 17.6 Å². The van der Waals surface area contributed by atoms with Gasteiger partial charge < -0.3 is 15.4 Å². The minimum atomic E-state index is -0.429. The lowest BCUT2D eigenvalue weighted by atomic mass is 9.68. The number of ketones is 1. The lowest BCUT2D eigenvalue weighted by Gasteiger charge is -2.39. The highest BCUT2D eigenvalue weighted by Crippen LogP contribution is 2.47. The maximum absolute atomic E-state index is 13.7. The number of rotatable bonds is 4. The van der Waals surface area contributed by atoms with Gasteiger partial charge in [0.2, 0.25) is 0 Å². The third-order valence-corrected chi connectivity index (χ3v) is 6.56. The lowest BCUT2D eigenvalue weighted by molar-refractivity contribution is -0.118. The zero-order valence-electron chi connectivity index (χ0n) is 20.3. The Balaban J connectivity index is 1.80. The molecule has 0 radical (unpaired) electrons. The van der Waals surface area contributed by atoms with Crippen molar-refractivity contribution < 1.29 is 14.3 Å². The summed E-state index contributed by atoms with van der Waals surface area (Å²) in [6, 6.07) is 13.6. The van der Waals surface area contributed by atoms with Gasteiger partial charge in [0.15, 0.2) is 5.78 Å². The zero-order chi connectivity index (χ0) is 23.9. The summed E-state index contributed by atoms with van der Waals surface area (Å²) < 4.78 is 5.33. The SMILES string of the molecule is COc1ccc(C2C(C(=O)Nc3ccc(C)cc3C)=C(C)NC3=C2C(=O)CC(C)(C)C3)cc1. The van der Waals surface area contributed by atoms with E-state index >= 15 is 0 Å². The van der Waals surface area contributed by atoms with E-state index in [1.54, 1.807) is 7.11 Å². The molecular formula is C28H32N2O3.